The maximum atomic E-state index is 10.9. The zero-order valence-electron chi connectivity index (χ0n) is 8.56. The van der Waals surface area contributed by atoms with Crippen LogP contribution in [0.15, 0.2) is 12.1 Å². The maximum absolute atomic E-state index is 10.9. The number of halogens is 1. The summed E-state index contributed by atoms with van der Waals surface area (Å²) in [7, 11) is 0. The van der Waals surface area contributed by atoms with Gasteiger partial charge in [-0.3, -0.25) is 4.79 Å². The third-order valence-corrected chi connectivity index (χ3v) is 2.49. The summed E-state index contributed by atoms with van der Waals surface area (Å²) in [5.74, 6) is 0.402. The molecule has 0 fully saturated rings. The number of hydrogen-bond donors (Lipinski definition) is 0. The standard InChI is InChI=1S/C11H13BrO2/c1-7-4-8(2)11(14-9(3)13)10(5-7)6-12/h4-5H,6H2,1-3H3. The van der Waals surface area contributed by atoms with E-state index in [0.717, 1.165) is 11.1 Å². The number of benzene rings is 1. The number of esters is 1. The Hall–Kier alpha value is -0.830. The van der Waals surface area contributed by atoms with Crippen LogP contribution < -0.4 is 4.74 Å². The van der Waals surface area contributed by atoms with E-state index < -0.39 is 0 Å². The van der Waals surface area contributed by atoms with E-state index in [-0.39, 0.29) is 5.97 Å². The molecule has 1 aromatic carbocycles. The highest BCUT2D eigenvalue weighted by molar-refractivity contribution is 9.08. The van der Waals surface area contributed by atoms with Crippen LogP contribution in [0.5, 0.6) is 5.75 Å². The molecule has 1 rings (SSSR count). The van der Waals surface area contributed by atoms with Crippen molar-refractivity contribution in [1.29, 1.82) is 0 Å². The molecule has 0 saturated heterocycles. The van der Waals surface area contributed by atoms with Gasteiger partial charge in [-0.25, -0.2) is 0 Å². The Bertz CT molecular complexity index is 359. The van der Waals surface area contributed by atoms with E-state index in [1.54, 1.807) is 0 Å². The second kappa shape index (κ2) is 4.60. The van der Waals surface area contributed by atoms with Crippen molar-refractivity contribution in [3.05, 3.63) is 28.8 Å². The third kappa shape index (κ3) is 2.58. The molecule has 0 unspecified atom stereocenters. The van der Waals surface area contributed by atoms with Crippen LogP contribution in [0.4, 0.5) is 0 Å². The number of aryl methyl sites for hydroxylation is 2. The fraction of sp³-hybridized carbons (Fsp3) is 0.364. The molecule has 0 atom stereocenters. The van der Waals surface area contributed by atoms with Gasteiger partial charge in [0, 0.05) is 17.8 Å². The molecule has 14 heavy (non-hydrogen) atoms. The van der Waals surface area contributed by atoms with Crippen LogP contribution in [0.25, 0.3) is 0 Å². The van der Waals surface area contributed by atoms with Crippen molar-refractivity contribution in [2.75, 3.05) is 0 Å². The molecule has 0 amide bonds. The molecule has 0 aliphatic heterocycles. The number of rotatable bonds is 2. The average molecular weight is 257 g/mol. The van der Waals surface area contributed by atoms with Crippen LogP contribution in [0.3, 0.4) is 0 Å². The summed E-state index contributed by atoms with van der Waals surface area (Å²) < 4.78 is 5.15. The number of hydrogen-bond acceptors (Lipinski definition) is 2. The Morgan fingerprint density at radius 1 is 1.43 bits per heavy atom. The predicted octanol–water partition coefficient (Wildman–Crippen LogP) is 3.12. The number of alkyl halides is 1. The van der Waals surface area contributed by atoms with Crippen molar-refractivity contribution in [3.8, 4) is 5.75 Å². The summed E-state index contributed by atoms with van der Waals surface area (Å²) in [5, 5.41) is 0.693. The van der Waals surface area contributed by atoms with Crippen LogP contribution in [0, 0.1) is 13.8 Å². The van der Waals surface area contributed by atoms with Gasteiger partial charge in [0.2, 0.25) is 0 Å². The minimum Gasteiger partial charge on any atom is -0.426 e. The molecule has 0 spiro atoms. The van der Waals surface area contributed by atoms with Crippen LogP contribution >= 0.6 is 15.9 Å². The summed E-state index contributed by atoms with van der Waals surface area (Å²) in [6, 6.07) is 4.02. The second-order valence-electron chi connectivity index (χ2n) is 3.30. The fourth-order valence-corrected chi connectivity index (χ4v) is 1.85. The lowest BCUT2D eigenvalue weighted by atomic mass is 10.1. The Labute approximate surface area is 92.4 Å². The molecule has 0 radical (unpaired) electrons. The SMILES string of the molecule is CC(=O)Oc1c(C)cc(C)cc1CBr. The topological polar surface area (TPSA) is 26.3 Å². The minimum absolute atomic E-state index is 0.279. The summed E-state index contributed by atoms with van der Waals surface area (Å²) in [6.07, 6.45) is 0. The van der Waals surface area contributed by atoms with Gasteiger partial charge in [0.05, 0.1) is 0 Å². The van der Waals surface area contributed by atoms with Gasteiger partial charge in [-0.2, -0.15) is 0 Å². The lowest BCUT2D eigenvalue weighted by molar-refractivity contribution is -0.131. The second-order valence-corrected chi connectivity index (χ2v) is 3.86. The largest absolute Gasteiger partial charge is 0.426 e. The minimum atomic E-state index is -0.279. The lowest BCUT2D eigenvalue weighted by Crippen LogP contribution is -2.05. The van der Waals surface area contributed by atoms with Crippen molar-refractivity contribution >= 4 is 21.9 Å². The first-order valence-corrected chi connectivity index (χ1v) is 5.51. The lowest BCUT2D eigenvalue weighted by Gasteiger charge is -2.11. The first kappa shape index (κ1) is 11.2. The van der Waals surface area contributed by atoms with Gasteiger partial charge in [-0.1, -0.05) is 33.6 Å². The molecule has 76 valence electrons. The Balaban J connectivity index is 3.18. The Morgan fingerprint density at radius 2 is 2.07 bits per heavy atom. The van der Waals surface area contributed by atoms with Gasteiger partial charge in [0.25, 0.3) is 0 Å². The Kier molecular flexibility index (Phi) is 3.69. The molecule has 0 aliphatic carbocycles. The Morgan fingerprint density at radius 3 is 2.57 bits per heavy atom. The normalized spacial score (nSPS) is 10.0. The van der Waals surface area contributed by atoms with Gasteiger partial charge in [0.1, 0.15) is 5.75 Å². The van der Waals surface area contributed by atoms with Crippen molar-refractivity contribution < 1.29 is 9.53 Å². The highest BCUT2D eigenvalue weighted by Crippen LogP contribution is 2.27. The summed E-state index contributed by atoms with van der Waals surface area (Å²) in [6.45, 7) is 5.38. The maximum Gasteiger partial charge on any atom is 0.308 e. The molecule has 0 saturated carbocycles. The number of carbonyl (C=O) groups excluding carboxylic acids is 1. The molecule has 2 nitrogen and oxygen atoms in total. The smallest absolute Gasteiger partial charge is 0.308 e. The molecular formula is C11H13BrO2. The summed E-state index contributed by atoms with van der Waals surface area (Å²) in [5.41, 5.74) is 3.18. The number of ether oxygens (including phenoxy) is 1. The van der Waals surface area contributed by atoms with E-state index in [1.807, 2.05) is 26.0 Å². The van der Waals surface area contributed by atoms with E-state index in [2.05, 4.69) is 15.9 Å². The molecule has 0 N–H and O–H groups in total. The van der Waals surface area contributed by atoms with E-state index >= 15 is 0 Å². The quantitative estimate of drug-likeness (QED) is 0.462. The average Bonchev–Trinajstić information content (AvgIpc) is 2.08. The number of carbonyl (C=O) groups is 1. The highest BCUT2D eigenvalue weighted by atomic mass is 79.9. The van der Waals surface area contributed by atoms with E-state index in [0.29, 0.717) is 11.1 Å². The monoisotopic (exact) mass is 256 g/mol. The molecule has 0 aliphatic rings. The molecule has 1 aromatic rings. The molecule has 0 aromatic heterocycles. The van der Waals surface area contributed by atoms with Gasteiger partial charge in [0.15, 0.2) is 0 Å². The highest BCUT2D eigenvalue weighted by Gasteiger charge is 2.09. The summed E-state index contributed by atoms with van der Waals surface area (Å²) >= 11 is 3.38. The zero-order valence-corrected chi connectivity index (χ0v) is 10.1. The first-order valence-electron chi connectivity index (χ1n) is 4.39. The first-order chi connectivity index (χ1) is 6.54. The van der Waals surface area contributed by atoms with Gasteiger partial charge in [-0.15, -0.1) is 0 Å². The molecular weight excluding hydrogens is 244 g/mol. The molecule has 0 heterocycles. The zero-order chi connectivity index (χ0) is 10.7. The van der Waals surface area contributed by atoms with Gasteiger partial charge >= 0.3 is 5.97 Å². The van der Waals surface area contributed by atoms with Gasteiger partial charge in [-0.05, 0) is 19.4 Å². The van der Waals surface area contributed by atoms with Crippen molar-refractivity contribution in [1.82, 2.24) is 0 Å². The van der Waals surface area contributed by atoms with E-state index in [1.165, 1.54) is 12.5 Å². The van der Waals surface area contributed by atoms with Crippen molar-refractivity contribution in [2.45, 2.75) is 26.1 Å². The molecule has 0 bridgehead atoms. The van der Waals surface area contributed by atoms with Crippen LogP contribution in [0.2, 0.25) is 0 Å². The van der Waals surface area contributed by atoms with Gasteiger partial charge < -0.3 is 4.74 Å². The fourth-order valence-electron chi connectivity index (χ4n) is 1.43. The predicted molar refractivity (Wildman–Crippen MR) is 59.9 cm³/mol. The van der Waals surface area contributed by atoms with Crippen LogP contribution in [-0.2, 0) is 10.1 Å². The van der Waals surface area contributed by atoms with Crippen LogP contribution in [0.1, 0.15) is 23.6 Å². The van der Waals surface area contributed by atoms with E-state index in [9.17, 15) is 4.79 Å². The van der Waals surface area contributed by atoms with Crippen molar-refractivity contribution in [2.24, 2.45) is 0 Å². The van der Waals surface area contributed by atoms with Crippen molar-refractivity contribution in [3.63, 3.8) is 0 Å². The van der Waals surface area contributed by atoms with E-state index in [4.69, 9.17) is 4.74 Å². The molecule has 3 heteroatoms. The third-order valence-electron chi connectivity index (χ3n) is 1.89. The van der Waals surface area contributed by atoms with Crippen LogP contribution in [-0.4, -0.2) is 5.97 Å². The summed E-state index contributed by atoms with van der Waals surface area (Å²) in [4.78, 5) is 10.9.